The van der Waals surface area contributed by atoms with Gasteiger partial charge in [0, 0.05) is 24.0 Å². The number of nitrogens with zero attached hydrogens (tertiary/aromatic N) is 3. The highest BCUT2D eigenvalue weighted by Crippen LogP contribution is 2.39. The van der Waals surface area contributed by atoms with Gasteiger partial charge < -0.3 is 4.90 Å². The van der Waals surface area contributed by atoms with Crippen molar-refractivity contribution in [1.82, 2.24) is 14.7 Å². The molecule has 2 aliphatic rings. The highest BCUT2D eigenvalue weighted by atomic mass is 79.9. The standard InChI is InChI=1S/C14H20BrN3O/c1-3-10-8-13(17(2)16-10)14(19)18-11-4-5-12(18)7-9(15)6-11/h8-9,11-12H,3-7H2,1-2H3. The van der Waals surface area contributed by atoms with Gasteiger partial charge in [-0.1, -0.05) is 22.9 Å². The van der Waals surface area contributed by atoms with E-state index in [1.807, 2.05) is 13.1 Å². The van der Waals surface area contributed by atoms with E-state index < -0.39 is 0 Å². The number of carbonyl (C=O) groups excluding carboxylic acids is 1. The molecule has 0 N–H and O–H groups in total. The molecule has 0 radical (unpaired) electrons. The van der Waals surface area contributed by atoms with Gasteiger partial charge in [0.25, 0.3) is 5.91 Å². The van der Waals surface area contributed by atoms with Crippen LogP contribution in [0.1, 0.15) is 48.8 Å². The fourth-order valence-electron chi connectivity index (χ4n) is 3.47. The van der Waals surface area contributed by atoms with Crippen LogP contribution in [0, 0.1) is 0 Å². The highest BCUT2D eigenvalue weighted by molar-refractivity contribution is 9.09. The van der Waals surface area contributed by atoms with Crippen LogP contribution in [0.5, 0.6) is 0 Å². The SMILES string of the molecule is CCc1cc(C(=O)N2C3CCC2CC(Br)C3)n(C)n1. The van der Waals surface area contributed by atoms with E-state index >= 15 is 0 Å². The largest absolute Gasteiger partial charge is 0.331 e. The second-order valence-electron chi connectivity index (χ2n) is 5.66. The van der Waals surface area contributed by atoms with Crippen molar-refractivity contribution in [2.75, 3.05) is 0 Å². The first-order valence-electron chi connectivity index (χ1n) is 7.09. The van der Waals surface area contributed by atoms with Crippen LogP contribution in [0.3, 0.4) is 0 Å². The lowest BCUT2D eigenvalue weighted by Gasteiger charge is -2.37. The number of hydrogen-bond acceptors (Lipinski definition) is 2. The Morgan fingerprint density at radius 2 is 2.05 bits per heavy atom. The summed E-state index contributed by atoms with van der Waals surface area (Å²) in [6.45, 7) is 2.07. The molecule has 3 rings (SSSR count). The lowest BCUT2D eigenvalue weighted by molar-refractivity contribution is 0.0592. The Bertz CT molecular complexity index is 485. The molecule has 2 fully saturated rings. The van der Waals surface area contributed by atoms with Crippen molar-refractivity contribution in [2.24, 2.45) is 7.05 Å². The van der Waals surface area contributed by atoms with Crippen molar-refractivity contribution in [3.8, 4) is 0 Å². The maximum absolute atomic E-state index is 12.8. The number of fused-ring (bicyclic) bond motifs is 2. The first-order valence-corrected chi connectivity index (χ1v) is 8.01. The number of aromatic nitrogens is 2. The Morgan fingerprint density at radius 1 is 1.42 bits per heavy atom. The molecule has 0 spiro atoms. The molecule has 2 atom stereocenters. The number of carbonyl (C=O) groups is 1. The summed E-state index contributed by atoms with van der Waals surface area (Å²) >= 11 is 3.72. The quantitative estimate of drug-likeness (QED) is 0.783. The smallest absolute Gasteiger partial charge is 0.272 e. The molecule has 19 heavy (non-hydrogen) atoms. The van der Waals surface area contributed by atoms with Gasteiger partial charge in [-0.15, -0.1) is 0 Å². The zero-order valence-electron chi connectivity index (χ0n) is 11.5. The van der Waals surface area contributed by atoms with Crippen molar-refractivity contribution in [2.45, 2.75) is 55.9 Å². The van der Waals surface area contributed by atoms with Crippen LogP contribution in [-0.4, -0.2) is 37.5 Å². The molecule has 0 saturated carbocycles. The molecule has 104 valence electrons. The van der Waals surface area contributed by atoms with Crippen molar-refractivity contribution in [3.05, 3.63) is 17.5 Å². The van der Waals surface area contributed by atoms with Crippen LogP contribution in [0.2, 0.25) is 0 Å². The molecule has 5 heteroatoms. The zero-order valence-corrected chi connectivity index (χ0v) is 13.1. The normalized spacial score (nSPS) is 29.8. The maximum Gasteiger partial charge on any atom is 0.272 e. The van der Waals surface area contributed by atoms with Crippen molar-refractivity contribution in [1.29, 1.82) is 0 Å². The van der Waals surface area contributed by atoms with E-state index in [9.17, 15) is 4.79 Å². The Morgan fingerprint density at radius 3 is 2.58 bits per heavy atom. The Labute approximate surface area is 122 Å². The third kappa shape index (κ3) is 2.22. The number of piperidine rings is 1. The first-order chi connectivity index (χ1) is 9.10. The summed E-state index contributed by atoms with van der Waals surface area (Å²) in [4.78, 5) is 15.5. The van der Waals surface area contributed by atoms with Crippen LogP contribution in [-0.2, 0) is 13.5 Å². The number of hydrogen-bond donors (Lipinski definition) is 0. The van der Waals surface area contributed by atoms with Crippen LogP contribution >= 0.6 is 15.9 Å². The number of rotatable bonds is 2. The molecule has 1 aromatic heterocycles. The van der Waals surface area contributed by atoms with Gasteiger partial charge in [-0.3, -0.25) is 9.48 Å². The van der Waals surface area contributed by atoms with Crippen LogP contribution in [0.25, 0.3) is 0 Å². The summed E-state index contributed by atoms with van der Waals surface area (Å²) in [5.74, 6) is 0.168. The highest BCUT2D eigenvalue weighted by Gasteiger charge is 2.43. The van der Waals surface area contributed by atoms with E-state index in [0.29, 0.717) is 16.9 Å². The molecule has 2 unspecified atom stereocenters. The lowest BCUT2D eigenvalue weighted by atomic mass is 10.0. The van der Waals surface area contributed by atoms with E-state index in [1.54, 1.807) is 4.68 Å². The van der Waals surface area contributed by atoms with Crippen molar-refractivity contribution >= 4 is 21.8 Å². The van der Waals surface area contributed by atoms with E-state index in [4.69, 9.17) is 0 Å². The summed E-state index contributed by atoms with van der Waals surface area (Å²) in [6.07, 6.45) is 5.34. The molecule has 3 heterocycles. The summed E-state index contributed by atoms with van der Waals surface area (Å²) in [5.41, 5.74) is 1.73. The average Bonchev–Trinajstić information content (AvgIpc) is 2.88. The minimum atomic E-state index is 0.168. The zero-order chi connectivity index (χ0) is 13.6. The van der Waals surface area contributed by atoms with Gasteiger partial charge in [-0.05, 0) is 38.2 Å². The van der Waals surface area contributed by atoms with Gasteiger partial charge in [0.2, 0.25) is 0 Å². The fraction of sp³-hybridized carbons (Fsp3) is 0.714. The molecule has 1 amide bonds. The predicted molar refractivity (Wildman–Crippen MR) is 77.5 cm³/mol. The summed E-state index contributed by atoms with van der Waals surface area (Å²) in [5, 5.41) is 4.39. The molecular weight excluding hydrogens is 306 g/mol. The van der Waals surface area contributed by atoms with Crippen LogP contribution in [0.4, 0.5) is 0 Å². The molecule has 0 aliphatic carbocycles. The molecule has 0 aromatic carbocycles. The van der Waals surface area contributed by atoms with Gasteiger partial charge in [0.1, 0.15) is 5.69 Å². The summed E-state index contributed by atoms with van der Waals surface area (Å²) < 4.78 is 1.74. The van der Waals surface area contributed by atoms with Crippen molar-refractivity contribution < 1.29 is 4.79 Å². The minimum absolute atomic E-state index is 0.168. The van der Waals surface area contributed by atoms with Gasteiger partial charge >= 0.3 is 0 Å². The molecule has 1 aromatic rings. The maximum atomic E-state index is 12.8. The minimum Gasteiger partial charge on any atom is -0.331 e. The molecular formula is C14H20BrN3O. The van der Waals surface area contributed by atoms with Gasteiger partial charge in [0.05, 0.1) is 5.69 Å². The average molecular weight is 326 g/mol. The molecule has 2 aliphatic heterocycles. The monoisotopic (exact) mass is 325 g/mol. The second kappa shape index (κ2) is 4.93. The van der Waals surface area contributed by atoms with Gasteiger partial charge in [-0.2, -0.15) is 5.10 Å². The number of alkyl halides is 1. The van der Waals surface area contributed by atoms with E-state index in [0.717, 1.165) is 43.5 Å². The van der Waals surface area contributed by atoms with Crippen LogP contribution in [0.15, 0.2) is 6.07 Å². The fourth-order valence-corrected chi connectivity index (χ4v) is 4.34. The van der Waals surface area contributed by atoms with Crippen LogP contribution < -0.4 is 0 Å². The number of aryl methyl sites for hydroxylation is 2. The second-order valence-corrected chi connectivity index (χ2v) is 6.96. The van der Waals surface area contributed by atoms with E-state index in [1.165, 1.54) is 0 Å². The lowest BCUT2D eigenvalue weighted by Crippen LogP contribution is -2.47. The summed E-state index contributed by atoms with van der Waals surface area (Å²) in [7, 11) is 1.87. The van der Waals surface area contributed by atoms with E-state index in [-0.39, 0.29) is 5.91 Å². The predicted octanol–water partition coefficient (Wildman–Crippen LogP) is 2.51. The Kier molecular flexibility index (Phi) is 3.41. The Hall–Kier alpha value is -0.840. The topological polar surface area (TPSA) is 38.1 Å². The van der Waals surface area contributed by atoms with Gasteiger partial charge in [0.15, 0.2) is 0 Å². The number of amides is 1. The summed E-state index contributed by atoms with van der Waals surface area (Å²) in [6, 6.07) is 2.77. The number of halogens is 1. The molecule has 4 nitrogen and oxygen atoms in total. The molecule has 2 bridgehead atoms. The Balaban J connectivity index is 1.86. The molecule has 2 saturated heterocycles. The van der Waals surface area contributed by atoms with Crippen molar-refractivity contribution in [3.63, 3.8) is 0 Å². The third-order valence-corrected chi connectivity index (χ3v) is 5.17. The first kappa shape index (κ1) is 13.2. The van der Waals surface area contributed by atoms with Gasteiger partial charge in [-0.25, -0.2) is 0 Å². The third-order valence-electron chi connectivity index (χ3n) is 4.42. The van der Waals surface area contributed by atoms with E-state index in [2.05, 4.69) is 32.9 Å².